The lowest BCUT2D eigenvalue weighted by molar-refractivity contribution is -0.127. The molecule has 0 aromatic heterocycles. The van der Waals surface area contributed by atoms with Crippen LogP contribution in [0.2, 0.25) is 5.02 Å². The molecule has 2 aliphatic heterocycles. The zero-order valence-corrected chi connectivity index (χ0v) is 27.0. The van der Waals surface area contributed by atoms with Crippen molar-refractivity contribution in [1.29, 1.82) is 0 Å². The molecule has 0 bridgehead atoms. The van der Waals surface area contributed by atoms with E-state index in [-0.39, 0.29) is 29.8 Å². The molecule has 3 fully saturated rings. The molecule has 10 nitrogen and oxygen atoms in total. The van der Waals surface area contributed by atoms with Gasteiger partial charge in [-0.2, -0.15) is 0 Å². The van der Waals surface area contributed by atoms with Crippen molar-refractivity contribution >= 4 is 52.6 Å². The van der Waals surface area contributed by atoms with Crippen LogP contribution < -0.4 is 9.80 Å². The summed E-state index contributed by atoms with van der Waals surface area (Å²) < 4.78 is 0. The molecule has 8 rings (SSSR count). The standard InChI is InChI=1S/C39H29ClN2O8/c40-22-7-4-8-23(17-22)42-35(46)30-19-29-26(33(20-9-12-25(43)13-10-20)39(30,38(42)50)21-5-2-1-3-6-21)15-16-28-32(29)36(47)41(34(28)45)24-11-14-27(37(48)49)31(44)18-24/h1-15,17-18,28-30,32-33,43-44H,16,19H2,(H,48,49). The van der Waals surface area contributed by atoms with E-state index in [4.69, 9.17) is 11.6 Å². The molecule has 250 valence electrons. The van der Waals surface area contributed by atoms with Gasteiger partial charge in [-0.3, -0.25) is 19.2 Å². The van der Waals surface area contributed by atoms with E-state index in [2.05, 4.69) is 0 Å². The lowest BCUT2D eigenvalue weighted by Crippen LogP contribution is -2.53. The number of amides is 4. The van der Waals surface area contributed by atoms with Gasteiger partial charge in [-0.15, -0.1) is 0 Å². The number of carbonyl (C=O) groups is 5. The lowest BCUT2D eigenvalue weighted by Gasteiger charge is -2.50. The van der Waals surface area contributed by atoms with Crippen LogP contribution in [-0.4, -0.2) is 44.9 Å². The van der Waals surface area contributed by atoms with Gasteiger partial charge in [0.25, 0.3) is 0 Å². The number of allylic oxidation sites excluding steroid dienone is 2. The smallest absolute Gasteiger partial charge is 0.339 e. The van der Waals surface area contributed by atoms with E-state index >= 15 is 4.79 Å². The van der Waals surface area contributed by atoms with Crippen LogP contribution in [0, 0.1) is 23.7 Å². The Hall–Kier alpha value is -5.74. The number of aromatic carboxylic acids is 1. The topological polar surface area (TPSA) is 153 Å². The predicted octanol–water partition coefficient (Wildman–Crippen LogP) is 5.82. The molecule has 6 atom stereocenters. The molecule has 4 amide bonds. The molecular weight excluding hydrogens is 660 g/mol. The molecule has 50 heavy (non-hydrogen) atoms. The lowest BCUT2D eigenvalue weighted by atomic mass is 9.49. The quantitative estimate of drug-likeness (QED) is 0.175. The summed E-state index contributed by atoms with van der Waals surface area (Å²) in [5.74, 6) is -7.84. The van der Waals surface area contributed by atoms with Crippen molar-refractivity contribution in [3.63, 3.8) is 0 Å². The van der Waals surface area contributed by atoms with E-state index in [1.54, 1.807) is 36.4 Å². The Kier molecular flexibility index (Phi) is 7.20. The second-order valence-electron chi connectivity index (χ2n) is 13.2. The molecule has 4 aromatic carbocycles. The normalized spacial score (nSPS) is 27.1. The Morgan fingerprint density at radius 3 is 2.16 bits per heavy atom. The number of imide groups is 2. The SMILES string of the molecule is O=C(O)c1ccc(N2C(=O)C3CC=C4C(CC5C(=O)N(c6cccc(Cl)c6)C(=O)C5(c5ccccc5)C4c4ccc(O)cc4)C3C2=O)cc1O. The van der Waals surface area contributed by atoms with Crippen LogP contribution in [0.25, 0.3) is 0 Å². The molecule has 0 radical (unpaired) electrons. The molecule has 2 aliphatic carbocycles. The second-order valence-corrected chi connectivity index (χ2v) is 13.6. The average Bonchev–Trinajstić information content (AvgIpc) is 3.49. The Balaban J connectivity index is 1.31. The number of fused-ring (bicyclic) bond motifs is 4. The van der Waals surface area contributed by atoms with E-state index < -0.39 is 70.4 Å². The number of hydrogen-bond donors (Lipinski definition) is 3. The molecule has 6 unspecified atom stereocenters. The van der Waals surface area contributed by atoms with Crippen molar-refractivity contribution in [2.75, 3.05) is 9.80 Å². The molecule has 3 N–H and O–H groups in total. The van der Waals surface area contributed by atoms with Crippen molar-refractivity contribution in [2.45, 2.75) is 24.2 Å². The zero-order valence-electron chi connectivity index (χ0n) is 26.3. The predicted molar refractivity (Wildman–Crippen MR) is 182 cm³/mol. The van der Waals surface area contributed by atoms with Gasteiger partial charge in [0.15, 0.2) is 0 Å². The van der Waals surface area contributed by atoms with Crippen molar-refractivity contribution in [3.8, 4) is 11.5 Å². The maximum Gasteiger partial charge on any atom is 0.339 e. The van der Waals surface area contributed by atoms with E-state index in [0.29, 0.717) is 21.8 Å². The third-order valence-electron chi connectivity index (χ3n) is 10.9. The number of phenols is 2. The Labute approximate surface area is 290 Å². The monoisotopic (exact) mass is 688 g/mol. The Morgan fingerprint density at radius 1 is 0.760 bits per heavy atom. The van der Waals surface area contributed by atoms with Gasteiger partial charge in [-0.05, 0) is 72.4 Å². The summed E-state index contributed by atoms with van der Waals surface area (Å²) in [6, 6.07) is 25.7. The van der Waals surface area contributed by atoms with Gasteiger partial charge >= 0.3 is 5.97 Å². The molecule has 2 saturated heterocycles. The Bertz CT molecular complexity index is 2170. The number of rotatable bonds is 5. The van der Waals surface area contributed by atoms with E-state index in [9.17, 15) is 34.5 Å². The third kappa shape index (κ3) is 4.37. The first-order chi connectivity index (χ1) is 24.0. The number of carboxylic acids is 1. The molecule has 4 aliphatic rings. The highest BCUT2D eigenvalue weighted by Crippen LogP contribution is 2.64. The number of carbonyl (C=O) groups excluding carboxylic acids is 4. The zero-order chi connectivity index (χ0) is 35.1. The number of halogens is 1. The summed E-state index contributed by atoms with van der Waals surface area (Å²) in [7, 11) is 0. The first kappa shape index (κ1) is 31.5. The molecular formula is C39H29ClN2O8. The summed E-state index contributed by atoms with van der Waals surface area (Å²) >= 11 is 6.35. The fraction of sp³-hybridized carbons (Fsp3) is 0.205. The number of hydrogen-bond acceptors (Lipinski definition) is 7. The van der Waals surface area contributed by atoms with E-state index in [1.807, 2.05) is 36.4 Å². The van der Waals surface area contributed by atoms with Crippen molar-refractivity contribution < 1.29 is 39.3 Å². The first-order valence-electron chi connectivity index (χ1n) is 16.2. The van der Waals surface area contributed by atoms with Gasteiger partial charge in [0.05, 0.1) is 34.5 Å². The summed E-state index contributed by atoms with van der Waals surface area (Å²) in [5, 5.41) is 30.4. The van der Waals surface area contributed by atoms with Crippen LogP contribution in [0.1, 0.15) is 40.2 Å². The number of phenolic OH excluding ortho intramolecular Hbond substituents is 1. The largest absolute Gasteiger partial charge is 0.508 e. The highest BCUT2D eigenvalue weighted by atomic mass is 35.5. The minimum absolute atomic E-state index is 0.0165. The van der Waals surface area contributed by atoms with E-state index in [1.165, 1.54) is 23.1 Å². The fourth-order valence-electron chi connectivity index (χ4n) is 8.88. The van der Waals surface area contributed by atoms with Gasteiger partial charge < -0.3 is 15.3 Å². The number of aromatic hydroxyl groups is 2. The Morgan fingerprint density at radius 2 is 1.48 bits per heavy atom. The van der Waals surface area contributed by atoms with Crippen LogP contribution in [-0.2, 0) is 24.6 Å². The molecule has 11 heteroatoms. The fourth-order valence-corrected chi connectivity index (χ4v) is 9.06. The van der Waals surface area contributed by atoms with Crippen molar-refractivity contribution in [3.05, 3.63) is 130 Å². The number of nitrogens with zero attached hydrogens (tertiary/aromatic N) is 2. The van der Waals surface area contributed by atoms with E-state index in [0.717, 1.165) is 22.6 Å². The van der Waals surface area contributed by atoms with Crippen LogP contribution in [0.15, 0.2) is 109 Å². The molecule has 4 aromatic rings. The van der Waals surface area contributed by atoms with Crippen LogP contribution in [0.5, 0.6) is 11.5 Å². The third-order valence-corrected chi connectivity index (χ3v) is 11.1. The van der Waals surface area contributed by atoms with Crippen LogP contribution >= 0.6 is 11.6 Å². The van der Waals surface area contributed by atoms with Gasteiger partial charge in [-0.1, -0.05) is 71.8 Å². The number of carboxylic acid groups (broad SMARTS) is 1. The minimum Gasteiger partial charge on any atom is -0.508 e. The summed E-state index contributed by atoms with van der Waals surface area (Å²) in [6.45, 7) is 0. The van der Waals surface area contributed by atoms with Gasteiger partial charge in [0.2, 0.25) is 23.6 Å². The number of anilines is 2. The van der Waals surface area contributed by atoms with Gasteiger partial charge in [0.1, 0.15) is 17.1 Å². The maximum atomic E-state index is 15.2. The first-order valence-corrected chi connectivity index (χ1v) is 16.5. The highest BCUT2D eigenvalue weighted by molar-refractivity contribution is 6.32. The van der Waals surface area contributed by atoms with Crippen molar-refractivity contribution in [1.82, 2.24) is 0 Å². The molecule has 2 heterocycles. The molecule has 1 saturated carbocycles. The highest BCUT2D eigenvalue weighted by Gasteiger charge is 2.70. The summed E-state index contributed by atoms with van der Waals surface area (Å²) in [5.41, 5.74) is 0.570. The summed E-state index contributed by atoms with van der Waals surface area (Å²) in [4.78, 5) is 72.0. The second kappa shape index (κ2) is 11.4. The maximum absolute atomic E-state index is 15.2. The number of benzene rings is 4. The van der Waals surface area contributed by atoms with Crippen LogP contribution in [0.4, 0.5) is 11.4 Å². The summed E-state index contributed by atoms with van der Waals surface area (Å²) in [6.07, 6.45) is 2.19. The molecule has 0 spiro atoms. The van der Waals surface area contributed by atoms with Crippen molar-refractivity contribution in [2.24, 2.45) is 23.7 Å². The minimum atomic E-state index is -1.45. The average molecular weight is 689 g/mol. The van der Waals surface area contributed by atoms with Crippen LogP contribution in [0.3, 0.4) is 0 Å². The van der Waals surface area contributed by atoms with Gasteiger partial charge in [0, 0.05) is 17.0 Å². The van der Waals surface area contributed by atoms with Gasteiger partial charge in [-0.25, -0.2) is 14.6 Å².